The number of rotatable bonds is 2. The van der Waals surface area contributed by atoms with Crippen LogP contribution in [0.3, 0.4) is 0 Å². The van der Waals surface area contributed by atoms with E-state index in [9.17, 15) is 4.79 Å². The Balaban J connectivity index is 1.66. The smallest absolute Gasteiger partial charge is 0.323 e. The normalized spacial score (nSPS) is 19.1. The third kappa shape index (κ3) is 4.57. The van der Waals surface area contributed by atoms with Gasteiger partial charge in [0.2, 0.25) is 0 Å². The molecule has 1 aromatic carbocycles. The number of urea groups is 1. The first-order valence-electron chi connectivity index (χ1n) is 8.32. The number of aromatic nitrogens is 2. The van der Waals surface area contributed by atoms with Crippen LogP contribution < -0.4 is 5.32 Å². The fourth-order valence-corrected chi connectivity index (χ4v) is 3.37. The Kier molecular flexibility index (Phi) is 5.34. The van der Waals surface area contributed by atoms with Gasteiger partial charge in [-0.25, -0.2) is 4.79 Å². The fourth-order valence-electron chi connectivity index (χ4n) is 3.07. The summed E-state index contributed by atoms with van der Waals surface area (Å²) in [6, 6.07) is 9.39. The van der Waals surface area contributed by atoms with Crippen molar-refractivity contribution in [2.45, 2.75) is 20.3 Å². The molecule has 0 radical (unpaired) electrons. The molecule has 1 aliphatic rings. The number of halogens is 1. The Labute approximate surface area is 152 Å². The van der Waals surface area contributed by atoms with Crippen LogP contribution in [0.2, 0.25) is 5.02 Å². The number of anilines is 1. The van der Waals surface area contributed by atoms with Crippen molar-refractivity contribution in [3.05, 3.63) is 58.3 Å². The number of amides is 2. The lowest BCUT2D eigenvalue weighted by molar-refractivity contribution is 0.197. The van der Waals surface area contributed by atoms with Crippen LogP contribution in [0.1, 0.15) is 24.5 Å². The van der Waals surface area contributed by atoms with Crippen LogP contribution in [0.4, 0.5) is 10.6 Å². The number of benzene rings is 1. The SMILES string of the molecule is Cc1cc(Cl)cc(C=C2CCN(C(=O)Nc3cccnn3)CC2C)c1. The maximum absolute atomic E-state index is 12.4. The zero-order chi connectivity index (χ0) is 17.8. The van der Waals surface area contributed by atoms with Crippen molar-refractivity contribution in [2.24, 2.45) is 5.92 Å². The molecule has 1 fully saturated rings. The van der Waals surface area contributed by atoms with Gasteiger partial charge >= 0.3 is 6.03 Å². The molecule has 1 aliphatic heterocycles. The maximum Gasteiger partial charge on any atom is 0.323 e. The van der Waals surface area contributed by atoms with Crippen LogP contribution in [0.15, 0.2) is 42.1 Å². The van der Waals surface area contributed by atoms with E-state index in [1.165, 1.54) is 5.57 Å². The number of nitrogens with one attached hydrogen (secondary N) is 1. The third-order valence-electron chi connectivity index (χ3n) is 4.31. The van der Waals surface area contributed by atoms with Crippen molar-refractivity contribution in [3.63, 3.8) is 0 Å². The molecule has 1 aromatic heterocycles. The molecule has 2 amide bonds. The predicted molar refractivity (Wildman–Crippen MR) is 101 cm³/mol. The monoisotopic (exact) mass is 356 g/mol. The first-order chi connectivity index (χ1) is 12.0. The molecular weight excluding hydrogens is 336 g/mol. The summed E-state index contributed by atoms with van der Waals surface area (Å²) in [6.07, 6.45) is 4.62. The second kappa shape index (κ2) is 7.66. The molecule has 0 aliphatic carbocycles. The largest absolute Gasteiger partial charge is 0.324 e. The van der Waals surface area contributed by atoms with Crippen LogP contribution in [-0.4, -0.2) is 34.2 Å². The molecule has 2 aromatic rings. The minimum atomic E-state index is -0.134. The fraction of sp³-hybridized carbons (Fsp3) is 0.316. The Hall–Kier alpha value is -2.40. The van der Waals surface area contributed by atoms with Crippen LogP contribution in [0, 0.1) is 12.8 Å². The zero-order valence-electron chi connectivity index (χ0n) is 14.4. The molecule has 0 spiro atoms. The van der Waals surface area contributed by atoms with E-state index in [-0.39, 0.29) is 6.03 Å². The molecule has 0 bridgehead atoms. The van der Waals surface area contributed by atoms with Crippen molar-refractivity contribution in [1.29, 1.82) is 0 Å². The van der Waals surface area contributed by atoms with Gasteiger partial charge in [0.05, 0.1) is 0 Å². The number of hydrogen-bond donors (Lipinski definition) is 1. The summed E-state index contributed by atoms with van der Waals surface area (Å²) in [7, 11) is 0. The van der Waals surface area contributed by atoms with Crippen LogP contribution >= 0.6 is 11.6 Å². The Morgan fingerprint density at radius 2 is 2.24 bits per heavy atom. The minimum Gasteiger partial charge on any atom is -0.324 e. The molecule has 1 atom stereocenters. The summed E-state index contributed by atoms with van der Waals surface area (Å²) >= 11 is 6.14. The second-order valence-corrected chi connectivity index (χ2v) is 6.85. The summed E-state index contributed by atoms with van der Waals surface area (Å²) < 4.78 is 0. The first-order valence-corrected chi connectivity index (χ1v) is 8.70. The molecular formula is C19H21ClN4O. The molecule has 130 valence electrons. The van der Waals surface area contributed by atoms with Crippen molar-refractivity contribution in [1.82, 2.24) is 15.1 Å². The van der Waals surface area contributed by atoms with E-state index in [2.05, 4.69) is 34.6 Å². The van der Waals surface area contributed by atoms with E-state index in [1.807, 2.05) is 24.0 Å². The van der Waals surface area contributed by atoms with E-state index >= 15 is 0 Å². The lowest BCUT2D eigenvalue weighted by Crippen LogP contribution is -2.42. The van der Waals surface area contributed by atoms with Crippen LogP contribution in [-0.2, 0) is 0 Å². The van der Waals surface area contributed by atoms with Gasteiger partial charge in [-0.1, -0.05) is 36.2 Å². The van der Waals surface area contributed by atoms with E-state index in [0.29, 0.717) is 24.8 Å². The lowest BCUT2D eigenvalue weighted by atomic mass is 9.91. The standard InChI is InChI=1S/C19H21ClN4O/c1-13-8-15(11-17(20)9-13)10-16-5-7-24(12-14(16)2)19(25)22-18-4-3-6-21-23-18/h3-4,6,8-11,14H,5,7,12H2,1-2H3,(H,22,23,25). The van der Waals surface area contributed by atoms with Gasteiger partial charge in [0.15, 0.2) is 5.82 Å². The van der Waals surface area contributed by atoms with Crippen molar-refractivity contribution < 1.29 is 4.79 Å². The quantitative estimate of drug-likeness (QED) is 0.867. The summed E-state index contributed by atoms with van der Waals surface area (Å²) in [5, 5.41) is 11.2. The molecule has 3 rings (SSSR count). The number of carbonyl (C=O) groups excluding carboxylic acids is 1. The number of hydrogen-bond acceptors (Lipinski definition) is 3. The average molecular weight is 357 g/mol. The minimum absolute atomic E-state index is 0.134. The Morgan fingerprint density at radius 1 is 1.40 bits per heavy atom. The molecule has 1 saturated heterocycles. The van der Waals surface area contributed by atoms with Gasteiger partial charge in [-0.05, 0) is 54.7 Å². The molecule has 1 N–H and O–H groups in total. The summed E-state index contributed by atoms with van der Waals surface area (Å²) in [6.45, 7) is 5.54. The van der Waals surface area contributed by atoms with Crippen molar-refractivity contribution >= 4 is 29.5 Å². The van der Waals surface area contributed by atoms with Gasteiger partial charge in [-0.2, -0.15) is 5.10 Å². The number of piperidine rings is 1. The average Bonchev–Trinajstić information content (AvgIpc) is 2.56. The van der Waals surface area contributed by atoms with Gasteiger partial charge in [-0.3, -0.25) is 5.32 Å². The maximum atomic E-state index is 12.4. The highest BCUT2D eigenvalue weighted by atomic mass is 35.5. The number of carbonyl (C=O) groups is 1. The Bertz CT molecular complexity index is 771. The van der Waals surface area contributed by atoms with E-state index in [1.54, 1.807) is 18.3 Å². The summed E-state index contributed by atoms with van der Waals surface area (Å²) in [5.41, 5.74) is 3.60. The molecule has 6 heteroatoms. The summed E-state index contributed by atoms with van der Waals surface area (Å²) in [5.74, 6) is 0.761. The topological polar surface area (TPSA) is 58.1 Å². The van der Waals surface area contributed by atoms with Gasteiger partial charge in [-0.15, -0.1) is 5.10 Å². The second-order valence-electron chi connectivity index (χ2n) is 6.42. The molecule has 0 saturated carbocycles. The van der Waals surface area contributed by atoms with Gasteiger partial charge in [0.25, 0.3) is 0 Å². The van der Waals surface area contributed by atoms with Crippen molar-refractivity contribution in [2.75, 3.05) is 18.4 Å². The summed E-state index contributed by atoms with van der Waals surface area (Å²) in [4.78, 5) is 14.2. The molecule has 5 nitrogen and oxygen atoms in total. The highest BCUT2D eigenvalue weighted by Crippen LogP contribution is 2.26. The lowest BCUT2D eigenvalue weighted by Gasteiger charge is -2.33. The third-order valence-corrected chi connectivity index (χ3v) is 4.53. The Morgan fingerprint density at radius 3 is 2.92 bits per heavy atom. The first kappa shape index (κ1) is 17.4. The molecule has 25 heavy (non-hydrogen) atoms. The number of likely N-dealkylation sites (tertiary alicyclic amines) is 1. The predicted octanol–water partition coefficient (Wildman–Crippen LogP) is 4.40. The number of aryl methyl sites for hydroxylation is 1. The van der Waals surface area contributed by atoms with E-state index < -0.39 is 0 Å². The van der Waals surface area contributed by atoms with Crippen molar-refractivity contribution in [3.8, 4) is 0 Å². The van der Waals surface area contributed by atoms with Gasteiger partial charge in [0, 0.05) is 24.3 Å². The molecule has 2 heterocycles. The zero-order valence-corrected chi connectivity index (χ0v) is 15.1. The van der Waals surface area contributed by atoms with Crippen LogP contribution in [0.25, 0.3) is 6.08 Å². The van der Waals surface area contributed by atoms with Crippen LogP contribution in [0.5, 0.6) is 0 Å². The van der Waals surface area contributed by atoms with E-state index in [0.717, 1.165) is 22.6 Å². The highest BCUT2D eigenvalue weighted by Gasteiger charge is 2.24. The van der Waals surface area contributed by atoms with E-state index in [4.69, 9.17) is 11.6 Å². The molecule has 1 unspecified atom stereocenters. The number of nitrogens with zero attached hydrogens (tertiary/aromatic N) is 3. The van der Waals surface area contributed by atoms with Gasteiger partial charge in [0.1, 0.15) is 0 Å². The van der Waals surface area contributed by atoms with Gasteiger partial charge < -0.3 is 4.90 Å². The highest BCUT2D eigenvalue weighted by molar-refractivity contribution is 6.30.